The van der Waals surface area contributed by atoms with E-state index in [-0.39, 0.29) is 23.4 Å². The number of halogens is 4. The smallest absolute Gasteiger partial charge is 0.416 e. The van der Waals surface area contributed by atoms with Gasteiger partial charge in [0.2, 0.25) is 0 Å². The number of fused-ring (bicyclic) bond motifs is 1. The van der Waals surface area contributed by atoms with Crippen LogP contribution in [0, 0.1) is 12.3 Å². The van der Waals surface area contributed by atoms with Gasteiger partial charge in [0.15, 0.2) is 17.3 Å². The summed E-state index contributed by atoms with van der Waals surface area (Å²) in [5, 5.41) is 4.55. The Balaban J connectivity index is 1.88. The molecule has 4 aromatic rings. The normalized spacial score (nSPS) is 11.6. The number of hydrogen-bond donors (Lipinski definition) is 0. The third-order valence-electron chi connectivity index (χ3n) is 5.08. The van der Waals surface area contributed by atoms with E-state index in [0.29, 0.717) is 27.1 Å². The van der Waals surface area contributed by atoms with Crippen LogP contribution in [0.1, 0.15) is 11.1 Å². The van der Waals surface area contributed by atoms with Crippen molar-refractivity contribution < 1.29 is 22.6 Å². The van der Waals surface area contributed by atoms with Gasteiger partial charge in [0.25, 0.3) is 5.56 Å². The molecule has 1 heterocycles. The molecule has 0 aliphatic rings. The van der Waals surface area contributed by atoms with Crippen LogP contribution < -0.4 is 15.0 Å². The molecule has 0 saturated carbocycles. The lowest BCUT2D eigenvalue weighted by atomic mass is 10.1. The summed E-state index contributed by atoms with van der Waals surface area (Å²) >= 11 is 3.40. The Bertz CT molecular complexity index is 1570. The average molecular weight is 556 g/mol. The topological polar surface area (TPSA) is 65.7 Å². The zero-order valence-electron chi connectivity index (χ0n) is 18.7. The number of para-hydroxylation sites is 1. The lowest BCUT2D eigenvalue weighted by molar-refractivity contribution is -0.137. The Labute approximate surface area is 212 Å². The quantitative estimate of drug-likeness (QED) is 0.224. The van der Waals surface area contributed by atoms with E-state index in [1.165, 1.54) is 25.5 Å². The number of alkyl halides is 3. The molecular formula is C26H17BrF3N3O3. The van der Waals surface area contributed by atoms with Crippen LogP contribution in [-0.2, 0) is 6.18 Å². The monoisotopic (exact) mass is 555 g/mol. The molecule has 0 atom stereocenters. The molecule has 0 spiro atoms. The largest absolute Gasteiger partial charge is 0.493 e. The number of hydrogen-bond acceptors (Lipinski definition) is 5. The fourth-order valence-corrected chi connectivity index (χ4v) is 4.02. The fraction of sp³-hybridized carbons (Fsp3) is 0.115. The highest BCUT2D eigenvalue weighted by Crippen LogP contribution is 2.36. The second kappa shape index (κ2) is 10.3. The second-order valence-corrected chi connectivity index (χ2v) is 8.27. The number of benzene rings is 3. The number of aromatic nitrogens is 2. The van der Waals surface area contributed by atoms with E-state index in [0.717, 1.165) is 16.8 Å². The zero-order valence-corrected chi connectivity index (χ0v) is 20.3. The second-order valence-electron chi connectivity index (χ2n) is 7.42. The minimum atomic E-state index is -4.56. The Hall–Kier alpha value is -4.10. The molecule has 36 heavy (non-hydrogen) atoms. The Morgan fingerprint density at radius 3 is 2.67 bits per heavy atom. The summed E-state index contributed by atoms with van der Waals surface area (Å²) in [6.07, 6.45) is 2.06. The van der Waals surface area contributed by atoms with E-state index in [1.807, 2.05) is 0 Å². The first-order valence-corrected chi connectivity index (χ1v) is 11.2. The van der Waals surface area contributed by atoms with Gasteiger partial charge in [0.1, 0.15) is 6.61 Å². The van der Waals surface area contributed by atoms with Crippen LogP contribution >= 0.6 is 15.9 Å². The fourth-order valence-electron chi connectivity index (χ4n) is 3.44. The van der Waals surface area contributed by atoms with Crippen molar-refractivity contribution in [2.75, 3.05) is 13.7 Å². The van der Waals surface area contributed by atoms with E-state index in [1.54, 1.807) is 36.4 Å². The molecule has 0 aliphatic carbocycles. The van der Waals surface area contributed by atoms with Crippen LogP contribution in [0.4, 0.5) is 13.2 Å². The van der Waals surface area contributed by atoms with Crippen LogP contribution in [-0.4, -0.2) is 29.6 Å². The SMILES string of the molecule is C#CCOc1c(Br)cc(C=Nn2c(-c3cccc(C(F)(F)F)c3)nc3ccccc3c2=O)cc1OC. The van der Waals surface area contributed by atoms with E-state index in [9.17, 15) is 18.0 Å². The molecule has 0 saturated heterocycles. The molecule has 0 radical (unpaired) electrons. The number of rotatable bonds is 6. The van der Waals surface area contributed by atoms with Gasteiger partial charge < -0.3 is 9.47 Å². The molecule has 0 amide bonds. The Morgan fingerprint density at radius 2 is 1.94 bits per heavy atom. The van der Waals surface area contributed by atoms with Crippen LogP contribution in [0.25, 0.3) is 22.3 Å². The zero-order chi connectivity index (χ0) is 25.9. The highest BCUT2D eigenvalue weighted by Gasteiger charge is 2.31. The van der Waals surface area contributed by atoms with Crippen LogP contribution in [0.5, 0.6) is 11.5 Å². The van der Waals surface area contributed by atoms with Gasteiger partial charge in [-0.15, -0.1) is 6.42 Å². The molecule has 182 valence electrons. The Morgan fingerprint density at radius 1 is 1.17 bits per heavy atom. The maximum Gasteiger partial charge on any atom is 0.416 e. The molecule has 0 bridgehead atoms. The lowest BCUT2D eigenvalue weighted by Gasteiger charge is -2.13. The van der Waals surface area contributed by atoms with Crippen molar-refractivity contribution in [1.29, 1.82) is 0 Å². The molecule has 0 N–H and O–H groups in total. The van der Waals surface area contributed by atoms with Gasteiger partial charge >= 0.3 is 6.18 Å². The van der Waals surface area contributed by atoms with Crippen molar-refractivity contribution in [3.63, 3.8) is 0 Å². The van der Waals surface area contributed by atoms with Crippen LogP contribution in [0.3, 0.4) is 0 Å². The van der Waals surface area contributed by atoms with E-state index >= 15 is 0 Å². The lowest BCUT2D eigenvalue weighted by Crippen LogP contribution is -2.20. The van der Waals surface area contributed by atoms with Crippen molar-refractivity contribution in [2.45, 2.75) is 6.18 Å². The first-order chi connectivity index (χ1) is 17.2. The first-order valence-electron chi connectivity index (χ1n) is 10.4. The minimum Gasteiger partial charge on any atom is -0.493 e. The van der Waals surface area contributed by atoms with E-state index in [4.69, 9.17) is 15.9 Å². The van der Waals surface area contributed by atoms with Crippen molar-refractivity contribution in [3.05, 3.63) is 86.6 Å². The summed E-state index contributed by atoms with van der Waals surface area (Å²) in [6.45, 7) is 0.0287. The van der Waals surface area contributed by atoms with Gasteiger partial charge in [0.05, 0.1) is 34.3 Å². The van der Waals surface area contributed by atoms with E-state index in [2.05, 4.69) is 31.9 Å². The number of methoxy groups -OCH3 is 1. The molecular weight excluding hydrogens is 539 g/mol. The number of terminal acetylenes is 1. The van der Waals surface area contributed by atoms with Crippen LogP contribution in [0.2, 0.25) is 0 Å². The Kier molecular flexibility index (Phi) is 7.12. The maximum absolute atomic E-state index is 13.3. The minimum absolute atomic E-state index is 0.0287. The van der Waals surface area contributed by atoms with Gasteiger partial charge in [-0.05, 0) is 57.9 Å². The summed E-state index contributed by atoms with van der Waals surface area (Å²) in [5.74, 6) is 3.09. The van der Waals surface area contributed by atoms with Crippen molar-refractivity contribution in [3.8, 4) is 35.2 Å². The molecule has 0 aliphatic heterocycles. The van der Waals surface area contributed by atoms with Gasteiger partial charge in [-0.2, -0.15) is 22.9 Å². The summed E-state index contributed by atoms with van der Waals surface area (Å²) in [6, 6.07) is 14.4. The molecule has 10 heteroatoms. The van der Waals surface area contributed by atoms with Crippen molar-refractivity contribution >= 4 is 33.0 Å². The summed E-state index contributed by atoms with van der Waals surface area (Å²) < 4.78 is 52.4. The van der Waals surface area contributed by atoms with Gasteiger partial charge in [-0.25, -0.2) is 4.98 Å². The molecule has 4 rings (SSSR count). The molecule has 6 nitrogen and oxygen atoms in total. The average Bonchev–Trinajstić information content (AvgIpc) is 2.86. The van der Waals surface area contributed by atoms with Crippen molar-refractivity contribution in [2.24, 2.45) is 5.10 Å². The molecule has 3 aromatic carbocycles. The third-order valence-corrected chi connectivity index (χ3v) is 5.66. The summed E-state index contributed by atoms with van der Waals surface area (Å²) in [4.78, 5) is 17.8. The number of nitrogens with zero attached hydrogens (tertiary/aromatic N) is 3. The standard InChI is InChI=1S/C26H17BrF3N3O3/c1-3-11-36-23-20(27)12-16(13-22(23)35-2)15-31-33-24(17-7-6-8-18(14-17)26(28,29)30)32-21-10-5-4-9-19(21)25(33)34/h1,4-10,12-15H,11H2,2H3. The number of ether oxygens (including phenoxy) is 2. The molecule has 0 fully saturated rings. The molecule has 0 unspecified atom stereocenters. The molecule has 1 aromatic heterocycles. The van der Waals surface area contributed by atoms with Crippen molar-refractivity contribution in [1.82, 2.24) is 9.66 Å². The third kappa shape index (κ3) is 5.11. The van der Waals surface area contributed by atoms with Gasteiger partial charge in [0, 0.05) is 5.56 Å². The van der Waals surface area contributed by atoms with Gasteiger partial charge in [-0.3, -0.25) is 4.79 Å². The predicted octanol–water partition coefficient (Wildman–Crippen LogP) is 5.75. The highest BCUT2D eigenvalue weighted by atomic mass is 79.9. The predicted molar refractivity (Wildman–Crippen MR) is 134 cm³/mol. The first kappa shape index (κ1) is 25.0. The highest BCUT2D eigenvalue weighted by molar-refractivity contribution is 9.10. The maximum atomic E-state index is 13.3. The summed E-state index contributed by atoms with van der Waals surface area (Å²) in [7, 11) is 1.45. The summed E-state index contributed by atoms with van der Waals surface area (Å²) in [5.41, 5.74) is -0.470. The van der Waals surface area contributed by atoms with E-state index < -0.39 is 17.3 Å². The van der Waals surface area contributed by atoms with Gasteiger partial charge in [-0.1, -0.05) is 30.2 Å². The van der Waals surface area contributed by atoms with Crippen LogP contribution in [0.15, 0.2) is 75.0 Å².